The monoisotopic (exact) mass is 535 g/mol. The molecule has 1 aliphatic rings. The number of hydrogen-bond donors (Lipinski definition) is 4. The zero-order valence-electron chi connectivity index (χ0n) is 23.3. The fourth-order valence-electron chi connectivity index (χ4n) is 5.46. The SMILES string of the molecule is CCc1ccc(CCNC(=O)C(CC2CCCCC2)NC(=O)C(CCCc2ccccc2)CC(=O)NO)cc1. The molecular formula is C32H45N3O4. The highest BCUT2D eigenvalue weighted by molar-refractivity contribution is 5.90. The van der Waals surface area contributed by atoms with Crippen LogP contribution in [-0.4, -0.2) is 35.5 Å². The lowest BCUT2D eigenvalue weighted by atomic mass is 9.84. The van der Waals surface area contributed by atoms with E-state index in [1.165, 1.54) is 17.5 Å². The second kappa shape index (κ2) is 16.7. The van der Waals surface area contributed by atoms with Crippen molar-refractivity contribution in [3.63, 3.8) is 0 Å². The third-order valence-electron chi connectivity index (χ3n) is 7.86. The number of amides is 3. The first-order valence-electron chi connectivity index (χ1n) is 14.6. The first-order valence-corrected chi connectivity index (χ1v) is 14.6. The van der Waals surface area contributed by atoms with Gasteiger partial charge in [0.15, 0.2) is 0 Å². The zero-order valence-corrected chi connectivity index (χ0v) is 23.3. The molecule has 0 radical (unpaired) electrons. The molecule has 3 amide bonds. The Morgan fingerprint density at radius 2 is 1.54 bits per heavy atom. The molecule has 39 heavy (non-hydrogen) atoms. The maximum absolute atomic E-state index is 13.4. The van der Waals surface area contributed by atoms with Gasteiger partial charge in [-0.25, -0.2) is 5.48 Å². The summed E-state index contributed by atoms with van der Waals surface area (Å²) in [5.41, 5.74) is 5.27. The van der Waals surface area contributed by atoms with E-state index >= 15 is 0 Å². The fraction of sp³-hybridized carbons (Fsp3) is 0.531. The van der Waals surface area contributed by atoms with Crippen LogP contribution >= 0.6 is 0 Å². The van der Waals surface area contributed by atoms with E-state index in [4.69, 9.17) is 5.21 Å². The predicted molar refractivity (Wildman–Crippen MR) is 153 cm³/mol. The predicted octanol–water partition coefficient (Wildman–Crippen LogP) is 4.90. The van der Waals surface area contributed by atoms with E-state index in [1.807, 2.05) is 30.3 Å². The van der Waals surface area contributed by atoms with Crippen molar-refractivity contribution >= 4 is 17.7 Å². The minimum absolute atomic E-state index is 0.122. The summed E-state index contributed by atoms with van der Waals surface area (Å²) in [5.74, 6) is -1.31. The molecule has 0 saturated heterocycles. The van der Waals surface area contributed by atoms with Crippen molar-refractivity contribution in [1.82, 2.24) is 16.1 Å². The molecule has 0 heterocycles. The number of benzene rings is 2. The summed E-state index contributed by atoms with van der Waals surface area (Å²) in [6.45, 7) is 2.62. The molecular weight excluding hydrogens is 490 g/mol. The lowest BCUT2D eigenvalue weighted by molar-refractivity contribution is -0.136. The number of rotatable bonds is 15. The van der Waals surface area contributed by atoms with E-state index in [0.717, 1.165) is 56.9 Å². The summed E-state index contributed by atoms with van der Waals surface area (Å²) in [4.78, 5) is 38.7. The first-order chi connectivity index (χ1) is 19.0. The fourth-order valence-corrected chi connectivity index (χ4v) is 5.46. The number of carbonyl (C=O) groups excluding carboxylic acids is 3. The zero-order chi connectivity index (χ0) is 27.9. The average Bonchev–Trinajstić information content (AvgIpc) is 2.97. The molecule has 0 bridgehead atoms. The molecule has 2 aromatic rings. The molecule has 0 aromatic heterocycles. The quantitative estimate of drug-likeness (QED) is 0.192. The van der Waals surface area contributed by atoms with E-state index < -0.39 is 17.9 Å². The smallest absolute Gasteiger partial charge is 0.244 e. The van der Waals surface area contributed by atoms with Gasteiger partial charge in [-0.1, -0.05) is 93.6 Å². The van der Waals surface area contributed by atoms with Crippen LogP contribution in [0.4, 0.5) is 0 Å². The molecule has 2 unspecified atom stereocenters. The van der Waals surface area contributed by atoms with E-state index in [9.17, 15) is 14.4 Å². The molecule has 0 aliphatic heterocycles. The highest BCUT2D eigenvalue weighted by atomic mass is 16.5. The summed E-state index contributed by atoms with van der Waals surface area (Å²) >= 11 is 0. The van der Waals surface area contributed by atoms with Crippen LogP contribution in [0.25, 0.3) is 0 Å². The van der Waals surface area contributed by atoms with E-state index in [1.54, 1.807) is 5.48 Å². The van der Waals surface area contributed by atoms with Crippen LogP contribution in [0.1, 0.15) is 81.4 Å². The van der Waals surface area contributed by atoms with Gasteiger partial charge in [0.1, 0.15) is 6.04 Å². The van der Waals surface area contributed by atoms with E-state index in [-0.39, 0.29) is 18.2 Å². The molecule has 1 fully saturated rings. The highest BCUT2D eigenvalue weighted by Crippen LogP contribution is 2.28. The molecule has 212 valence electrons. The second-order valence-corrected chi connectivity index (χ2v) is 10.8. The van der Waals surface area contributed by atoms with Gasteiger partial charge in [-0.3, -0.25) is 19.6 Å². The van der Waals surface area contributed by atoms with Crippen LogP contribution in [0.15, 0.2) is 54.6 Å². The van der Waals surface area contributed by atoms with Crippen molar-refractivity contribution in [2.45, 2.75) is 90.0 Å². The summed E-state index contributed by atoms with van der Waals surface area (Å²) in [6, 6.07) is 17.8. The summed E-state index contributed by atoms with van der Waals surface area (Å²) < 4.78 is 0. The van der Waals surface area contributed by atoms with Crippen molar-refractivity contribution in [3.8, 4) is 0 Å². The molecule has 0 spiro atoms. The summed E-state index contributed by atoms with van der Waals surface area (Å²) in [7, 11) is 0. The maximum atomic E-state index is 13.4. The molecule has 1 aliphatic carbocycles. The van der Waals surface area contributed by atoms with Gasteiger partial charge in [0.25, 0.3) is 0 Å². The molecule has 2 aromatic carbocycles. The van der Waals surface area contributed by atoms with Crippen LogP contribution in [0, 0.1) is 11.8 Å². The lowest BCUT2D eigenvalue weighted by Gasteiger charge is -2.28. The van der Waals surface area contributed by atoms with E-state index in [0.29, 0.717) is 25.3 Å². The normalized spacial score (nSPS) is 15.2. The Bertz CT molecular complexity index is 1020. The minimum Gasteiger partial charge on any atom is -0.354 e. The van der Waals surface area contributed by atoms with Gasteiger partial charge in [0, 0.05) is 18.9 Å². The minimum atomic E-state index is -0.642. The van der Waals surface area contributed by atoms with E-state index in [2.05, 4.69) is 41.8 Å². The van der Waals surface area contributed by atoms with Gasteiger partial charge < -0.3 is 10.6 Å². The van der Waals surface area contributed by atoms with Crippen molar-refractivity contribution in [1.29, 1.82) is 0 Å². The van der Waals surface area contributed by atoms with Gasteiger partial charge in [-0.2, -0.15) is 0 Å². The Kier molecular flexibility index (Phi) is 13.0. The van der Waals surface area contributed by atoms with Crippen LogP contribution < -0.4 is 16.1 Å². The van der Waals surface area contributed by atoms with Gasteiger partial charge in [-0.15, -0.1) is 0 Å². The topological polar surface area (TPSA) is 108 Å². The maximum Gasteiger partial charge on any atom is 0.244 e. The molecule has 2 atom stereocenters. The Hall–Kier alpha value is -3.19. The molecule has 4 N–H and O–H groups in total. The highest BCUT2D eigenvalue weighted by Gasteiger charge is 2.29. The van der Waals surface area contributed by atoms with Crippen molar-refractivity contribution in [3.05, 3.63) is 71.3 Å². The van der Waals surface area contributed by atoms with Crippen LogP contribution in [0.2, 0.25) is 0 Å². The summed E-state index contributed by atoms with van der Waals surface area (Å²) in [5, 5.41) is 15.1. The third kappa shape index (κ3) is 10.8. The number of nitrogens with one attached hydrogen (secondary N) is 3. The van der Waals surface area contributed by atoms with Gasteiger partial charge in [-0.05, 0) is 61.1 Å². The largest absolute Gasteiger partial charge is 0.354 e. The van der Waals surface area contributed by atoms with Gasteiger partial charge in [0.2, 0.25) is 17.7 Å². The standard InChI is InChI=1S/C32H45N3O4/c1-2-24-16-18-26(19-17-24)20-21-33-32(38)29(22-27-12-7-4-8-13-27)34-31(37)28(23-30(36)35-39)15-9-14-25-10-5-3-6-11-25/h3,5-6,10-11,16-19,27-29,39H,2,4,7-9,12-15,20-23H2,1H3,(H,33,38)(H,34,37)(H,35,36). The number of hydroxylamine groups is 1. The van der Waals surface area contributed by atoms with Crippen LogP contribution in [0.3, 0.4) is 0 Å². The average molecular weight is 536 g/mol. The molecule has 7 heteroatoms. The lowest BCUT2D eigenvalue weighted by Crippen LogP contribution is -2.50. The Morgan fingerprint density at radius 1 is 0.872 bits per heavy atom. The Balaban J connectivity index is 1.61. The van der Waals surface area contributed by atoms with Crippen molar-refractivity contribution < 1.29 is 19.6 Å². The number of hydrogen-bond acceptors (Lipinski definition) is 4. The van der Waals surface area contributed by atoms with Crippen LogP contribution in [-0.2, 0) is 33.6 Å². The molecule has 3 rings (SSSR count). The van der Waals surface area contributed by atoms with Crippen LogP contribution in [0.5, 0.6) is 0 Å². The van der Waals surface area contributed by atoms with Gasteiger partial charge in [0.05, 0.1) is 0 Å². The van der Waals surface area contributed by atoms with Crippen molar-refractivity contribution in [2.75, 3.05) is 6.54 Å². The van der Waals surface area contributed by atoms with Gasteiger partial charge >= 0.3 is 0 Å². The summed E-state index contributed by atoms with van der Waals surface area (Å²) in [6.07, 6.45) is 9.84. The second-order valence-electron chi connectivity index (χ2n) is 10.8. The Labute approximate surface area is 233 Å². The number of aryl methyl sites for hydroxylation is 2. The molecule has 1 saturated carbocycles. The number of carbonyl (C=O) groups is 3. The first kappa shape index (κ1) is 30.4. The van der Waals surface area contributed by atoms with Crippen molar-refractivity contribution in [2.24, 2.45) is 11.8 Å². The third-order valence-corrected chi connectivity index (χ3v) is 7.86. The molecule has 7 nitrogen and oxygen atoms in total. The Morgan fingerprint density at radius 3 is 2.21 bits per heavy atom.